The van der Waals surface area contributed by atoms with Gasteiger partial charge in [0.2, 0.25) is 0 Å². The summed E-state index contributed by atoms with van der Waals surface area (Å²) >= 11 is 0. The summed E-state index contributed by atoms with van der Waals surface area (Å²) in [6, 6.07) is 8.82. The number of hydrogen-bond donors (Lipinski definition) is 4. The van der Waals surface area contributed by atoms with Crippen molar-refractivity contribution in [3.8, 4) is 11.3 Å². The van der Waals surface area contributed by atoms with Crippen molar-refractivity contribution in [1.82, 2.24) is 24.6 Å². The standard InChI is InChI=1S/C29H32FN7O3/c1-35(2)16-18-11-20(3-4-23(18)36-9-6-29(40,17-38)7-10-36)34-27-26-22(14-33-28(26)39)21(13-32-27)24-15-31-25-12-19(30)5-8-37(24)25/h3-5,8,11-13,15,38,40H,6-7,9-10,14,16-17H2,1-2H3,(H,32,34)(H,33,39). The molecule has 0 saturated carbocycles. The van der Waals surface area contributed by atoms with Crippen LogP contribution in [0.3, 0.4) is 0 Å². The van der Waals surface area contributed by atoms with Gasteiger partial charge in [-0.05, 0) is 62.3 Å². The number of carbonyl (C=O) groups excluding carboxylic acids is 1. The summed E-state index contributed by atoms with van der Waals surface area (Å²) in [5.74, 6) is -0.110. The molecule has 0 radical (unpaired) electrons. The fourth-order valence-corrected chi connectivity index (χ4v) is 5.60. The van der Waals surface area contributed by atoms with E-state index in [9.17, 15) is 19.4 Å². The Labute approximate surface area is 231 Å². The number of aromatic nitrogens is 3. The van der Waals surface area contributed by atoms with Gasteiger partial charge in [-0.2, -0.15) is 0 Å². The Balaban J connectivity index is 1.33. The third-order valence-electron chi connectivity index (χ3n) is 7.75. The number of nitrogens with one attached hydrogen (secondary N) is 2. The van der Waals surface area contributed by atoms with Crippen molar-refractivity contribution in [3.05, 3.63) is 71.4 Å². The van der Waals surface area contributed by atoms with Crippen molar-refractivity contribution in [3.63, 3.8) is 0 Å². The number of nitrogens with zero attached hydrogens (tertiary/aromatic N) is 5. The summed E-state index contributed by atoms with van der Waals surface area (Å²) in [5, 5.41) is 26.3. The number of halogens is 1. The van der Waals surface area contributed by atoms with Crippen LogP contribution < -0.4 is 15.5 Å². The molecule has 11 heteroatoms. The second-order valence-electron chi connectivity index (χ2n) is 10.8. The maximum absolute atomic E-state index is 13.7. The number of imidazole rings is 1. The Morgan fingerprint density at radius 2 is 1.95 bits per heavy atom. The molecule has 5 heterocycles. The van der Waals surface area contributed by atoms with Crippen LogP contribution in [0.15, 0.2) is 48.9 Å². The zero-order valence-corrected chi connectivity index (χ0v) is 22.5. The lowest BCUT2D eigenvalue weighted by Gasteiger charge is -2.39. The van der Waals surface area contributed by atoms with E-state index < -0.39 is 5.60 Å². The first kappa shape index (κ1) is 26.2. The van der Waals surface area contributed by atoms with Gasteiger partial charge in [-0.25, -0.2) is 14.4 Å². The van der Waals surface area contributed by atoms with E-state index in [4.69, 9.17) is 0 Å². The smallest absolute Gasteiger partial charge is 0.255 e. The zero-order valence-electron chi connectivity index (χ0n) is 22.5. The van der Waals surface area contributed by atoms with E-state index in [1.54, 1.807) is 23.0 Å². The van der Waals surface area contributed by atoms with Crippen molar-refractivity contribution < 1.29 is 19.4 Å². The van der Waals surface area contributed by atoms with E-state index in [2.05, 4.69) is 42.5 Å². The highest BCUT2D eigenvalue weighted by molar-refractivity contribution is 6.05. The molecule has 6 rings (SSSR count). The van der Waals surface area contributed by atoms with Crippen molar-refractivity contribution in [2.75, 3.05) is 44.0 Å². The predicted octanol–water partition coefficient (Wildman–Crippen LogP) is 2.91. The Bertz CT molecular complexity index is 1590. The van der Waals surface area contributed by atoms with Gasteiger partial charge in [0.25, 0.3) is 5.91 Å². The van der Waals surface area contributed by atoms with Crippen LogP contribution in [0.2, 0.25) is 0 Å². The highest BCUT2D eigenvalue weighted by Crippen LogP contribution is 2.36. The number of aliphatic hydroxyl groups is 2. The highest BCUT2D eigenvalue weighted by atomic mass is 19.1. The number of aliphatic hydroxyl groups excluding tert-OH is 1. The number of hydrogen-bond acceptors (Lipinski definition) is 8. The van der Waals surface area contributed by atoms with E-state index in [-0.39, 0.29) is 18.3 Å². The van der Waals surface area contributed by atoms with Crippen LogP contribution >= 0.6 is 0 Å². The number of rotatable bonds is 7. The van der Waals surface area contributed by atoms with Gasteiger partial charge < -0.3 is 30.6 Å². The van der Waals surface area contributed by atoms with Crippen LogP contribution in [-0.4, -0.2) is 74.8 Å². The van der Waals surface area contributed by atoms with Crippen LogP contribution in [0.1, 0.15) is 34.3 Å². The van der Waals surface area contributed by atoms with Crippen molar-refractivity contribution in [2.24, 2.45) is 0 Å². The number of fused-ring (bicyclic) bond motifs is 2. The van der Waals surface area contributed by atoms with E-state index in [1.165, 1.54) is 12.1 Å². The molecule has 0 bridgehead atoms. The maximum Gasteiger partial charge on any atom is 0.255 e. The summed E-state index contributed by atoms with van der Waals surface area (Å²) in [5.41, 5.74) is 5.22. The van der Waals surface area contributed by atoms with E-state index in [0.29, 0.717) is 56.0 Å². The maximum atomic E-state index is 13.7. The SMILES string of the molecule is CN(C)Cc1cc(Nc2ncc(-c3cnc4cc(F)ccn34)c3c2C(=O)NC3)ccc1N1CCC(O)(CO)CC1. The van der Waals surface area contributed by atoms with Gasteiger partial charge in [-0.3, -0.25) is 9.20 Å². The lowest BCUT2D eigenvalue weighted by molar-refractivity contribution is -0.0326. The third-order valence-corrected chi connectivity index (χ3v) is 7.75. The summed E-state index contributed by atoms with van der Waals surface area (Å²) in [6.07, 6.45) is 6.01. The molecular formula is C29H32FN7O3. The average Bonchev–Trinajstić information content (AvgIpc) is 3.53. The normalized spacial score (nSPS) is 16.4. The molecule has 1 fully saturated rings. The molecule has 1 saturated heterocycles. The Morgan fingerprint density at radius 1 is 1.15 bits per heavy atom. The van der Waals surface area contributed by atoms with Gasteiger partial charge >= 0.3 is 0 Å². The molecule has 2 aliphatic heterocycles. The predicted molar refractivity (Wildman–Crippen MR) is 150 cm³/mol. The number of benzene rings is 1. The molecule has 4 aromatic rings. The fourth-order valence-electron chi connectivity index (χ4n) is 5.60. The molecule has 0 spiro atoms. The molecule has 0 aliphatic carbocycles. The molecule has 4 N–H and O–H groups in total. The van der Waals surface area contributed by atoms with Crippen LogP contribution in [0.25, 0.3) is 16.9 Å². The number of pyridine rings is 2. The van der Waals surface area contributed by atoms with Gasteiger partial charge in [0, 0.05) is 61.6 Å². The molecule has 208 valence electrons. The zero-order chi connectivity index (χ0) is 28.0. The highest BCUT2D eigenvalue weighted by Gasteiger charge is 2.32. The summed E-state index contributed by atoms with van der Waals surface area (Å²) in [6.45, 7) is 2.13. The van der Waals surface area contributed by atoms with E-state index in [0.717, 1.165) is 33.8 Å². The molecule has 1 aromatic carbocycles. The van der Waals surface area contributed by atoms with Gasteiger partial charge in [-0.15, -0.1) is 0 Å². The Morgan fingerprint density at radius 3 is 2.70 bits per heavy atom. The number of amides is 1. The van der Waals surface area contributed by atoms with Crippen molar-refractivity contribution in [1.29, 1.82) is 0 Å². The minimum atomic E-state index is -1.02. The number of anilines is 3. The van der Waals surface area contributed by atoms with Crippen LogP contribution in [0.5, 0.6) is 0 Å². The molecule has 40 heavy (non-hydrogen) atoms. The minimum Gasteiger partial charge on any atom is -0.393 e. The third kappa shape index (κ3) is 4.76. The largest absolute Gasteiger partial charge is 0.393 e. The molecule has 1 amide bonds. The second kappa shape index (κ2) is 10.2. The van der Waals surface area contributed by atoms with Gasteiger partial charge in [0.1, 0.15) is 17.3 Å². The number of carbonyl (C=O) groups is 1. The molecular weight excluding hydrogens is 513 g/mol. The first-order valence-corrected chi connectivity index (χ1v) is 13.3. The summed E-state index contributed by atoms with van der Waals surface area (Å²) in [7, 11) is 4.02. The second-order valence-corrected chi connectivity index (χ2v) is 10.8. The first-order valence-electron chi connectivity index (χ1n) is 13.3. The quantitative estimate of drug-likeness (QED) is 0.280. The molecule has 10 nitrogen and oxygen atoms in total. The van der Waals surface area contributed by atoms with Gasteiger partial charge in [-0.1, -0.05) is 0 Å². The number of piperidine rings is 1. The lowest BCUT2D eigenvalue weighted by atomic mass is 9.91. The Kier molecular flexibility index (Phi) is 6.65. The van der Waals surface area contributed by atoms with Crippen LogP contribution in [0.4, 0.5) is 21.6 Å². The summed E-state index contributed by atoms with van der Waals surface area (Å²) < 4.78 is 15.5. The Hall–Kier alpha value is -4.06. The minimum absolute atomic E-state index is 0.207. The average molecular weight is 546 g/mol. The van der Waals surface area contributed by atoms with E-state index >= 15 is 0 Å². The summed E-state index contributed by atoms with van der Waals surface area (Å²) in [4.78, 5) is 26.2. The van der Waals surface area contributed by atoms with E-state index in [1.807, 2.05) is 20.2 Å². The lowest BCUT2D eigenvalue weighted by Crippen LogP contribution is -2.47. The molecule has 0 atom stereocenters. The molecule has 3 aromatic heterocycles. The fraction of sp³-hybridized carbons (Fsp3) is 0.345. The molecule has 2 aliphatic rings. The van der Waals surface area contributed by atoms with Crippen molar-refractivity contribution in [2.45, 2.75) is 31.5 Å². The molecule has 0 unspecified atom stereocenters. The van der Waals surface area contributed by atoms with Gasteiger partial charge in [0.05, 0.1) is 29.7 Å². The monoisotopic (exact) mass is 545 g/mol. The van der Waals surface area contributed by atoms with Crippen molar-refractivity contribution >= 4 is 28.7 Å². The topological polar surface area (TPSA) is 118 Å². The van der Waals surface area contributed by atoms with Gasteiger partial charge in [0.15, 0.2) is 0 Å². The first-order chi connectivity index (χ1) is 19.2. The van der Waals surface area contributed by atoms with Crippen LogP contribution in [-0.2, 0) is 13.1 Å². The van der Waals surface area contributed by atoms with Crippen LogP contribution in [0, 0.1) is 5.82 Å².